The van der Waals surface area contributed by atoms with Gasteiger partial charge in [0.1, 0.15) is 6.20 Å². The van der Waals surface area contributed by atoms with E-state index in [-0.39, 0.29) is 0 Å². The summed E-state index contributed by atoms with van der Waals surface area (Å²) in [6, 6.07) is 0. The topological polar surface area (TPSA) is 27.7 Å². The van der Waals surface area contributed by atoms with Crippen molar-refractivity contribution in [3.05, 3.63) is 12.3 Å². The molecule has 0 aromatic heterocycles. The van der Waals surface area contributed by atoms with Crippen LogP contribution in [0.15, 0.2) is 17.4 Å². The normalized spacial score (nSPS) is 35.3. The number of hydrogen-bond donors (Lipinski definition) is 2. The van der Waals surface area contributed by atoms with E-state index in [1.165, 1.54) is 10.1 Å². The van der Waals surface area contributed by atoms with E-state index in [1.807, 2.05) is 6.34 Å². The van der Waals surface area contributed by atoms with E-state index in [4.69, 9.17) is 0 Å². The van der Waals surface area contributed by atoms with Gasteiger partial charge in [-0.15, -0.1) is 15.1 Å². The van der Waals surface area contributed by atoms with Crippen LogP contribution in [0.2, 0.25) is 0 Å². The number of likely N-dealkylation sites (N-methyl/N-ethyl adjacent to an activating group) is 1. The molecule has 0 aromatic rings. The zero-order valence-corrected chi connectivity index (χ0v) is 7.49. The van der Waals surface area contributed by atoms with Gasteiger partial charge in [0, 0.05) is 7.05 Å². The first-order chi connectivity index (χ1) is 5.77. The molecular formula is C7H15N5+2. The lowest BCUT2D eigenvalue weighted by atomic mass is 10.6. The van der Waals surface area contributed by atoms with Crippen molar-refractivity contribution in [3.63, 3.8) is 0 Å². The van der Waals surface area contributed by atoms with Gasteiger partial charge in [-0.1, -0.05) is 5.10 Å². The van der Waals surface area contributed by atoms with Gasteiger partial charge in [0.15, 0.2) is 0 Å². The van der Waals surface area contributed by atoms with E-state index >= 15 is 0 Å². The molecule has 0 aliphatic carbocycles. The van der Waals surface area contributed by atoms with Crippen LogP contribution >= 0.6 is 0 Å². The SMILES string of the molecule is CN1CC=C[NH+]1N1C=N[NH+](C)C1. The highest BCUT2D eigenvalue weighted by Gasteiger charge is 2.29. The fourth-order valence-corrected chi connectivity index (χ4v) is 1.49. The van der Waals surface area contributed by atoms with E-state index in [2.05, 4.69) is 41.5 Å². The third kappa shape index (κ3) is 1.22. The lowest BCUT2D eigenvalue weighted by Gasteiger charge is -2.23. The standard InChI is InChI=1S/C7H13N5/c1-9-7-11(6-8-9)12-5-3-4-10(12)2/h3,5-6H,4,7H2,1-2H3/p+2. The fourth-order valence-electron chi connectivity index (χ4n) is 1.49. The summed E-state index contributed by atoms with van der Waals surface area (Å²) in [7, 11) is 4.15. The van der Waals surface area contributed by atoms with Crippen molar-refractivity contribution in [1.29, 1.82) is 0 Å². The number of rotatable bonds is 1. The maximum atomic E-state index is 4.23. The van der Waals surface area contributed by atoms with Crippen molar-refractivity contribution < 1.29 is 10.1 Å². The van der Waals surface area contributed by atoms with Gasteiger partial charge in [0.2, 0.25) is 13.0 Å². The van der Waals surface area contributed by atoms with E-state index in [1.54, 1.807) is 0 Å². The van der Waals surface area contributed by atoms with Crippen molar-refractivity contribution in [1.82, 2.24) is 10.0 Å². The van der Waals surface area contributed by atoms with Crippen molar-refractivity contribution in [2.75, 3.05) is 27.3 Å². The predicted octanol–water partition coefficient (Wildman–Crippen LogP) is -3.11. The van der Waals surface area contributed by atoms with Crippen LogP contribution < -0.4 is 10.1 Å². The average molecular weight is 169 g/mol. The van der Waals surface area contributed by atoms with Crippen molar-refractivity contribution in [2.24, 2.45) is 5.10 Å². The summed E-state index contributed by atoms with van der Waals surface area (Å²) < 4.78 is 0. The molecule has 0 amide bonds. The molecule has 2 rings (SSSR count). The van der Waals surface area contributed by atoms with Gasteiger partial charge in [-0.2, -0.15) is 5.01 Å². The Morgan fingerprint density at radius 3 is 2.83 bits per heavy atom. The third-order valence-electron chi connectivity index (χ3n) is 2.15. The minimum absolute atomic E-state index is 0.935. The molecule has 2 unspecified atom stereocenters. The maximum absolute atomic E-state index is 4.23. The Labute approximate surface area is 72.1 Å². The first kappa shape index (κ1) is 7.72. The molecule has 0 aromatic carbocycles. The van der Waals surface area contributed by atoms with Crippen LogP contribution in [0.25, 0.3) is 0 Å². The largest absolute Gasteiger partial charge is 0.223 e. The van der Waals surface area contributed by atoms with Crippen LogP contribution in [0.5, 0.6) is 0 Å². The molecule has 0 saturated carbocycles. The molecular weight excluding hydrogens is 154 g/mol. The number of nitrogens with one attached hydrogen (secondary N) is 2. The van der Waals surface area contributed by atoms with Gasteiger partial charge in [-0.3, -0.25) is 0 Å². The molecule has 2 heterocycles. The summed E-state index contributed by atoms with van der Waals surface area (Å²) in [6.45, 7) is 1.95. The Bertz CT molecular complexity index is 224. The van der Waals surface area contributed by atoms with Gasteiger partial charge in [-0.25, -0.2) is 0 Å². The Morgan fingerprint density at radius 2 is 2.33 bits per heavy atom. The summed E-state index contributed by atoms with van der Waals surface area (Å²) in [5.41, 5.74) is 0. The van der Waals surface area contributed by atoms with Crippen molar-refractivity contribution in [3.8, 4) is 0 Å². The molecule has 5 heteroatoms. The average Bonchev–Trinajstić information content (AvgIpc) is 2.58. The minimum Gasteiger partial charge on any atom is -0.189 e. The lowest BCUT2D eigenvalue weighted by molar-refractivity contribution is -1.07. The quantitative estimate of drug-likeness (QED) is 0.435. The van der Waals surface area contributed by atoms with Gasteiger partial charge in [-0.05, 0) is 6.08 Å². The molecule has 0 bridgehead atoms. The highest BCUT2D eigenvalue weighted by Crippen LogP contribution is 1.83. The van der Waals surface area contributed by atoms with Crippen LogP contribution in [0.4, 0.5) is 0 Å². The first-order valence-electron chi connectivity index (χ1n) is 4.15. The predicted molar refractivity (Wildman–Crippen MR) is 44.8 cm³/mol. The summed E-state index contributed by atoms with van der Waals surface area (Å²) in [4.78, 5) is 0. The smallest absolute Gasteiger partial charge is 0.189 e. The monoisotopic (exact) mass is 169 g/mol. The summed E-state index contributed by atoms with van der Waals surface area (Å²) in [5, 5.41) is 11.0. The van der Waals surface area contributed by atoms with Gasteiger partial charge < -0.3 is 0 Å². The zero-order valence-electron chi connectivity index (χ0n) is 7.49. The van der Waals surface area contributed by atoms with E-state index < -0.39 is 0 Å². The Morgan fingerprint density at radius 1 is 1.50 bits per heavy atom. The van der Waals surface area contributed by atoms with Crippen LogP contribution in [0.1, 0.15) is 0 Å². The molecule has 2 atom stereocenters. The highest BCUT2D eigenvalue weighted by atomic mass is 15.9. The van der Waals surface area contributed by atoms with Gasteiger partial charge >= 0.3 is 0 Å². The van der Waals surface area contributed by atoms with Gasteiger partial charge in [0.25, 0.3) is 0 Å². The minimum atomic E-state index is 0.935. The molecule has 12 heavy (non-hydrogen) atoms. The molecule has 2 aliphatic rings. The van der Waals surface area contributed by atoms with Crippen LogP contribution in [0, 0.1) is 0 Å². The molecule has 0 saturated heterocycles. The Kier molecular flexibility index (Phi) is 1.84. The zero-order chi connectivity index (χ0) is 8.55. The second-order valence-electron chi connectivity index (χ2n) is 3.25. The van der Waals surface area contributed by atoms with E-state index in [9.17, 15) is 0 Å². The van der Waals surface area contributed by atoms with Crippen LogP contribution in [0.3, 0.4) is 0 Å². The van der Waals surface area contributed by atoms with E-state index in [0.717, 1.165) is 13.2 Å². The maximum Gasteiger partial charge on any atom is 0.223 e. The lowest BCUT2D eigenvalue weighted by Crippen LogP contribution is -3.21. The molecule has 5 nitrogen and oxygen atoms in total. The summed E-state index contributed by atoms with van der Waals surface area (Å²) in [5.74, 6) is 0. The summed E-state index contributed by atoms with van der Waals surface area (Å²) in [6.07, 6.45) is 6.21. The van der Waals surface area contributed by atoms with Crippen molar-refractivity contribution in [2.45, 2.75) is 0 Å². The van der Waals surface area contributed by atoms with Crippen LogP contribution in [-0.4, -0.2) is 43.7 Å². The fraction of sp³-hybridized carbons (Fsp3) is 0.571. The second kappa shape index (κ2) is 2.85. The number of hydrogen-bond acceptors (Lipinski definition) is 3. The third-order valence-corrected chi connectivity index (χ3v) is 2.15. The molecule has 2 aliphatic heterocycles. The Hall–Kier alpha value is -0.910. The van der Waals surface area contributed by atoms with E-state index in [0.29, 0.717) is 0 Å². The first-order valence-corrected chi connectivity index (χ1v) is 4.15. The molecule has 0 radical (unpaired) electrons. The molecule has 2 N–H and O–H groups in total. The number of quaternary nitrogens is 2. The van der Waals surface area contributed by atoms with Crippen LogP contribution in [-0.2, 0) is 0 Å². The molecule has 66 valence electrons. The number of nitrogens with zero attached hydrogens (tertiary/aromatic N) is 3. The summed E-state index contributed by atoms with van der Waals surface area (Å²) >= 11 is 0. The second-order valence-corrected chi connectivity index (χ2v) is 3.25. The molecule has 0 spiro atoms. The van der Waals surface area contributed by atoms with Crippen molar-refractivity contribution >= 4 is 6.34 Å². The molecule has 0 fully saturated rings. The van der Waals surface area contributed by atoms with Gasteiger partial charge in [0.05, 0.1) is 13.6 Å². The highest BCUT2D eigenvalue weighted by molar-refractivity contribution is 5.52. The Balaban J connectivity index is 2.01.